The zero-order valence-electron chi connectivity index (χ0n) is 25.4. The van der Waals surface area contributed by atoms with E-state index in [2.05, 4.69) is 9.97 Å². The van der Waals surface area contributed by atoms with Gasteiger partial charge in [-0.1, -0.05) is 42.5 Å². The van der Waals surface area contributed by atoms with E-state index in [9.17, 15) is 0 Å². The fourth-order valence-corrected chi connectivity index (χ4v) is 4.19. The minimum absolute atomic E-state index is 0.368. The first-order valence-electron chi connectivity index (χ1n) is 14.1. The van der Waals surface area contributed by atoms with Gasteiger partial charge in [-0.25, -0.2) is 30.0 Å². The van der Waals surface area contributed by atoms with Crippen molar-refractivity contribution in [1.29, 1.82) is 0 Å². The summed E-state index contributed by atoms with van der Waals surface area (Å²) in [6.45, 7) is 1.02. The van der Waals surface area contributed by atoms with Gasteiger partial charge < -0.3 is 18.9 Å². The molecule has 0 aliphatic rings. The number of anilines is 2. The van der Waals surface area contributed by atoms with Gasteiger partial charge in [0.05, 0.1) is 23.8 Å². The number of benzene rings is 1. The Hall–Kier alpha value is -4.62. The molecule has 0 saturated carbocycles. The first kappa shape index (κ1) is 32.3. The maximum absolute atomic E-state index is 5.37. The van der Waals surface area contributed by atoms with E-state index < -0.39 is 0 Å². The number of methoxy groups -OCH3 is 4. The van der Waals surface area contributed by atoms with Gasteiger partial charge in [0.2, 0.25) is 0 Å². The predicted molar refractivity (Wildman–Crippen MR) is 171 cm³/mol. The van der Waals surface area contributed by atoms with Crippen LogP contribution < -0.4 is 10.0 Å². The molecule has 0 amide bonds. The fraction of sp³-hybridized carbons (Fsp3) is 0.312. The number of hydrogen-bond donors (Lipinski definition) is 0. The summed E-state index contributed by atoms with van der Waals surface area (Å²) in [6.07, 6.45) is 7.25. The monoisotopic (exact) mass is 598 g/mol. The van der Waals surface area contributed by atoms with E-state index in [4.69, 9.17) is 39.1 Å². The van der Waals surface area contributed by atoms with Crippen LogP contribution in [0, 0.1) is 0 Å². The molecule has 0 bridgehead atoms. The van der Waals surface area contributed by atoms with Crippen molar-refractivity contribution in [3.8, 4) is 11.4 Å². The Morgan fingerprint density at radius 2 is 1.09 bits per heavy atom. The molecule has 0 radical (unpaired) electrons. The Morgan fingerprint density at radius 3 is 1.50 bits per heavy atom. The van der Waals surface area contributed by atoms with Crippen molar-refractivity contribution in [2.24, 2.45) is 10.2 Å². The highest BCUT2D eigenvalue weighted by Crippen LogP contribution is 2.17. The van der Waals surface area contributed by atoms with Crippen molar-refractivity contribution in [2.75, 3.05) is 51.5 Å². The molecule has 0 spiro atoms. The molecule has 230 valence electrons. The second kappa shape index (κ2) is 17.5. The molecule has 0 fully saturated rings. The average molecular weight is 599 g/mol. The third-order valence-corrected chi connectivity index (χ3v) is 6.49. The number of hydrazone groups is 2. The highest BCUT2D eigenvalue weighted by Gasteiger charge is 2.14. The molecule has 0 aliphatic heterocycles. The summed E-state index contributed by atoms with van der Waals surface area (Å²) in [7, 11) is 6.44. The summed E-state index contributed by atoms with van der Waals surface area (Å²) in [5.41, 5.74) is 2.06. The van der Waals surface area contributed by atoms with Crippen LogP contribution in [0.3, 0.4) is 0 Å². The summed E-state index contributed by atoms with van der Waals surface area (Å²) in [4.78, 5) is 18.5. The minimum atomic E-state index is -0.368. The Labute approximate surface area is 258 Å². The molecule has 0 atom stereocenters. The van der Waals surface area contributed by atoms with Crippen molar-refractivity contribution >= 4 is 24.1 Å². The van der Waals surface area contributed by atoms with Gasteiger partial charge in [-0.2, -0.15) is 10.2 Å². The normalized spacial score (nSPS) is 11.7. The lowest BCUT2D eigenvalue weighted by molar-refractivity contribution is -0.104. The minimum Gasteiger partial charge on any atom is -0.356 e. The average Bonchev–Trinajstić information content (AvgIpc) is 3.09. The zero-order chi connectivity index (χ0) is 31.0. The van der Waals surface area contributed by atoms with Crippen molar-refractivity contribution in [3.63, 3.8) is 0 Å². The van der Waals surface area contributed by atoms with Crippen LogP contribution in [0.15, 0.2) is 95.4 Å². The number of nitrogens with zero attached hydrogens (tertiary/aromatic N) is 8. The van der Waals surface area contributed by atoms with Crippen LogP contribution in [0.4, 0.5) is 11.6 Å². The Kier molecular flexibility index (Phi) is 12.8. The van der Waals surface area contributed by atoms with Gasteiger partial charge in [0.25, 0.3) is 0 Å². The fourth-order valence-electron chi connectivity index (χ4n) is 4.19. The topological polar surface area (TPSA) is 120 Å². The van der Waals surface area contributed by atoms with E-state index in [1.165, 1.54) is 0 Å². The second-order valence-corrected chi connectivity index (χ2v) is 9.40. The Balaban J connectivity index is 1.66. The first-order valence-corrected chi connectivity index (χ1v) is 14.1. The third-order valence-electron chi connectivity index (χ3n) is 6.49. The van der Waals surface area contributed by atoms with E-state index in [0.29, 0.717) is 54.8 Å². The van der Waals surface area contributed by atoms with Crippen LogP contribution in [0.5, 0.6) is 0 Å². The summed E-state index contributed by atoms with van der Waals surface area (Å²) in [5.74, 6) is 1.91. The summed E-state index contributed by atoms with van der Waals surface area (Å²) >= 11 is 0. The van der Waals surface area contributed by atoms with Crippen LogP contribution in [-0.2, 0) is 18.9 Å². The maximum Gasteiger partial charge on any atom is 0.160 e. The maximum atomic E-state index is 5.37. The SMILES string of the molecule is COC(CCN(/N=C/c1cc(/C=N/N(CCC(OC)OC)c2ccccn2)nc(-c2ccccc2)n1)c1ccccn1)OC. The second-order valence-electron chi connectivity index (χ2n) is 9.40. The number of pyridine rings is 2. The highest BCUT2D eigenvalue weighted by atomic mass is 16.7. The smallest absolute Gasteiger partial charge is 0.160 e. The molecular formula is C32H38N8O4. The molecule has 44 heavy (non-hydrogen) atoms. The molecule has 0 saturated heterocycles. The zero-order valence-corrected chi connectivity index (χ0v) is 25.4. The van der Waals surface area contributed by atoms with Gasteiger partial charge in [0.15, 0.2) is 18.4 Å². The largest absolute Gasteiger partial charge is 0.356 e. The van der Waals surface area contributed by atoms with E-state index >= 15 is 0 Å². The number of rotatable bonds is 17. The molecule has 0 aliphatic carbocycles. The highest BCUT2D eigenvalue weighted by molar-refractivity contribution is 5.85. The number of aromatic nitrogens is 4. The first-order chi connectivity index (χ1) is 21.6. The molecule has 0 N–H and O–H groups in total. The van der Waals surface area contributed by atoms with Gasteiger partial charge in [0, 0.05) is 72.3 Å². The van der Waals surface area contributed by atoms with Crippen molar-refractivity contribution in [2.45, 2.75) is 25.4 Å². The quantitative estimate of drug-likeness (QED) is 0.0966. The van der Waals surface area contributed by atoms with Crippen LogP contribution in [-0.4, -0.2) is 86.5 Å². The van der Waals surface area contributed by atoms with Gasteiger partial charge >= 0.3 is 0 Å². The molecule has 12 nitrogen and oxygen atoms in total. The molecule has 0 unspecified atom stereocenters. The lowest BCUT2D eigenvalue weighted by atomic mass is 10.2. The summed E-state index contributed by atoms with van der Waals surface area (Å²) in [5, 5.41) is 13.1. The Bertz CT molecular complexity index is 1350. The van der Waals surface area contributed by atoms with Crippen molar-refractivity contribution in [3.05, 3.63) is 96.6 Å². The summed E-state index contributed by atoms with van der Waals surface area (Å²) in [6, 6.07) is 22.9. The van der Waals surface area contributed by atoms with Crippen LogP contribution >= 0.6 is 0 Å². The van der Waals surface area contributed by atoms with E-state index in [1.54, 1.807) is 63.3 Å². The molecule has 3 heterocycles. The molecule has 3 aromatic heterocycles. The molecular weight excluding hydrogens is 560 g/mol. The van der Waals surface area contributed by atoms with E-state index in [0.717, 1.165) is 5.56 Å². The number of hydrogen-bond acceptors (Lipinski definition) is 12. The standard InChI is InChI=1S/C32H38N8O4/c1-41-30(42-2)16-20-39(28-14-8-10-18-33-28)35-23-26-22-27(38-32(37-26)25-12-6-5-7-13-25)24-36-40(21-17-31(43-3)44-4)29-15-9-11-19-34-29/h5-15,18-19,22-24,30-31H,16-17,20-21H2,1-4H3/b35-23+,36-24+. The molecule has 1 aromatic carbocycles. The Morgan fingerprint density at radius 1 is 0.636 bits per heavy atom. The van der Waals surface area contributed by atoms with Crippen molar-refractivity contribution < 1.29 is 18.9 Å². The van der Waals surface area contributed by atoms with Gasteiger partial charge in [-0.05, 0) is 30.3 Å². The van der Waals surface area contributed by atoms with Crippen molar-refractivity contribution in [1.82, 2.24) is 19.9 Å². The van der Waals surface area contributed by atoms with Crippen LogP contribution in [0.1, 0.15) is 24.2 Å². The lowest BCUT2D eigenvalue weighted by Gasteiger charge is -2.21. The van der Waals surface area contributed by atoms with Gasteiger partial charge in [-0.3, -0.25) is 0 Å². The summed E-state index contributed by atoms with van der Waals surface area (Å²) < 4.78 is 21.5. The van der Waals surface area contributed by atoms with Gasteiger partial charge in [0.1, 0.15) is 11.6 Å². The molecule has 12 heteroatoms. The third kappa shape index (κ3) is 9.71. The van der Waals surface area contributed by atoms with Gasteiger partial charge in [-0.15, -0.1) is 0 Å². The van der Waals surface area contributed by atoms with Crippen LogP contribution in [0.25, 0.3) is 11.4 Å². The predicted octanol–water partition coefficient (Wildman–Crippen LogP) is 4.63. The number of ether oxygens (including phenoxy) is 4. The van der Waals surface area contributed by atoms with E-state index in [1.807, 2.05) is 72.8 Å². The molecule has 4 aromatic rings. The molecule has 4 rings (SSSR count). The van der Waals surface area contributed by atoms with E-state index in [-0.39, 0.29) is 12.6 Å². The lowest BCUT2D eigenvalue weighted by Crippen LogP contribution is -2.25. The van der Waals surface area contributed by atoms with Crippen LogP contribution in [0.2, 0.25) is 0 Å².